The van der Waals surface area contributed by atoms with Gasteiger partial charge in [-0.1, -0.05) is 23.2 Å². The summed E-state index contributed by atoms with van der Waals surface area (Å²) in [5.41, 5.74) is 2.09. The number of aliphatic carboxylic acids is 1. The third-order valence-corrected chi connectivity index (χ3v) is 6.03. The second-order valence-corrected chi connectivity index (χ2v) is 8.07. The van der Waals surface area contributed by atoms with Crippen LogP contribution in [0.1, 0.15) is 32.1 Å². The summed E-state index contributed by atoms with van der Waals surface area (Å²) in [5.74, 6) is 0.220. The Morgan fingerprint density at radius 1 is 1.10 bits per heavy atom. The van der Waals surface area contributed by atoms with E-state index in [9.17, 15) is 4.79 Å². The summed E-state index contributed by atoms with van der Waals surface area (Å²) in [6, 6.07) is 6.17. The van der Waals surface area contributed by atoms with Crippen molar-refractivity contribution in [3.8, 4) is 0 Å². The highest BCUT2D eigenvalue weighted by Crippen LogP contribution is 2.38. The molecule has 0 unspecified atom stereocenters. The van der Waals surface area contributed by atoms with E-state index in [1.165, 1.54) is 38.5 Å². The second kappa shape index (κ2) is 10.3. The monoisotopic (exact) mass is 439 g/mol. The maximum absolute atomic E-state index is 9.68. The molecular formula is C21H27Cl2N3O3. The number of benzene rings is 1. The van der Waals surface area contributed by atoms with Crippen molar-refractivity contribution >= 4 is 51.6 Å². The number of methoxy groups -OCH3 is 1. The van der Waals surface area contributed by atoms with E-state index < -0.39 is 5.97 Å². The highest BCUT2D eigenvalue weighted by molar-refractivity contribution is 6.45. The molecule has 0 aliphatic carbocycles. The first-order valence-corrected chi connectivity index (χ1v) is 10.8. The molecule has 8 heteroatoms. The molecule has 0 atom stereocenters. The standard InChI is InChI=1S/C17H19Cl2N3.C4H8O3/c18-13-6-5-12-14(21-7-1-2-8-21)11-15(20-17(12)16(13)19)22-9-3-4-10-22;1-7-3-2-4(5)6/h5-6,11H,1-4,7-10H2;2-3H2,1H3,(H,5,6). The van der Waals surface area contributed by atoms with Gasteiger partial charge in [0.05, 0.1) is 28.6 Å². The molecule has 158 valence electrons. The van der Waals surface area contributed by atoms with Crippen molar-refractivity contribution in [2.45, 2.75) is 32.1 Å². The van der Waals surface area contributed by atoms with E-state index in [0.29, 0.717) is 16.7 Å². The highest BCUT2D eigenvalue weighted by atomic mass is 35.5. The van der Waals surface area contributed by atoms with Gasteiger partial charge in [0.15, 0.2) is 0 Å². The van der Waals surface area contributed by atoms with Gasteiger partial charge in [-0.05, 0) is 37.8 Å². The molecule has 4 rings (SSSR count). The van der Waals surface area contributed by atoms with Crippen LogP contribution in [-0.2, 0) is 9.53 Å². The van der Waals surface area contributed by atoms with Crippen LogP contribution in [0.15, 0.2) is 18.2 Å². The Morgan fingerprint density at radius 3 is 2.28 bits per heavy atom. The summed E-state index contributed by atoms with van der Waals surface area (Å²) < 4.78 is 4.47. The fraction of sp³-hybridized carbons (Fsp3) is 0.524. The molecule has 29 heavy (non-hydrogen) atoms. The van der Waals surface area contributed by atoms with E-state index in [1.54, 1.807) is 0 Å². The minimum Gasteiger partial charge on any atom is -0.481 e. The maximum Gasteiger partial charge on any atom is 0.305 e. The predicted molar refractivity (Wildman–Crippen MR) is 119 cm³/mol. The van der Waals surface area contributed by atoms with Gasteiger partial charge >= 0.3 is 5.97 Å². The third-order valence-electron chi connectivity index (χ3n) is 5.23. The lowest BCUT2D eigenvalue weighted by Crippen LogP contribution is -2.22. The van der Waals surface area contributed by atoms with Crippen molar-refractivity contribution in [3.05, 3.63) is 28.2 Å². The van der Waals surface area contributed by atoms with Crippen LogP contribution >= 0.6 is 23.2 Å². The summed E-state index contributed by atoms with van der Waals surface area (Å²) in [4.78, 5) is 19.3. The van der Waals surface area contributed by atoms with Crippen LogP contribution in [0.5, 0.6) is 0 Å². The number of carboxylic acids is 1. The number of ether oxygens (including phenoxy) is 1. The first kappa shape index (κ1) is 21.9. The van der Waals surface area contributed by atoms with Gasteiger partial charge in [-0.3, -0.25) is 4.79 Å². The number of hydrogen-bond donors (Lipinski definition) is 1. The van der Waals surface area contributed by atoms with E-state index in [0.717, 1.165) is 42.9 Å². The fourth-order valence-electron chi connectivity index (χ4n) is 3.72. The third kappa shape index (κ3) is 5.44. The Kier molecular flexibility index (Phi) is 7.81. The van der Waals surface area contributed by atoms with E-state index in [1.807, 2.05) is 6.07 Å². The molecule has 1 N–H and O–H groups in total. The van der Waals surface area contributed by atoms with Gasteiger partial charge in [0, 0.05) is 50.4 Å². The lowest BCUT2D eigenvalue weighted by molar-refractivity contribution is -0.137. The molecule has 2 aliphatic heterocycles. The number of halogens is 2. The summed E-state index contributed by atoms with van der Waals surface area (Å²) >= 11 is 12.7. The summed E-state index contributed by atoms with van der Waals surface area (Å²) in [5, 5.41) is 10.2. The number of nitrogens with zero attached hydrogens (tertiary/aromatic N) is 3. The van der Waals surface area contributed by atoms with Crippen molar-refractivity contribution in [1.29, 1.82) is 0 Å². The normalized spacial score (nSPS) is 16.2. The average Bonchev–Trinajstić information content (AvgIpc) is 3.43. The minimum absolute atomic E-state index is 0.0938. The molecule has 0 bridgehead atoms. The molecule has 1 aromatic carbocycles. The maximum atomic E-state index is 9.68. The Labute approximate surface area is 181 Å². The summed E-state index contributed by atoms with van der Waals surface area (Å²) in [6.07, 6.45) is 5.08. The number of hydrogen-bond acceptors (Lipinski definition) is 5. The van der Waals surface area contributed by atoms with Gasteiger partial charge in [-0.15, -0.1) is 0 Å². The van der Waals surface area contributed by atoms with Crippen LogP contribution in [0.25, 0.3) is 10.9 Å². The summed E-state index contributed by atoms with van der Waals surface area (Å²) in [7, 11) is 1.48. The van der Waals surface area contributed by atoms with Gasteiger partial charge in [0.25, 0.3) is 0 Å². The van der Waals surface area contributed by atoms with Crippen LogP contribution in [0.2, 0.25) is 10.0 Å². The van der Waals surface area contributed by atoms with Gasteiger partial charge in [0.2, 0.25) is 0 Å². The fourth-order valence-corrected chi connectivity index (χ4v) is 4.08. The zero-order valence-electron chi connectivity index (χ0n) is 16.7. The lowest BCUT2D eigenvalue weighted by Gasteiger charge is -2.24. The summed E-state index contributed by atoms with van der Waals surface area (Å²) in [6.45, 7) is 4.68. The van der Waals surface area contributed by atoms with Gasteiger partial charge in [-0.2, -0.15) is 0 Å². The zero-order valence-corrected chi connectivity index (χ0v) is 18.2. The largest absolute Gasteiger partial charge is 0.481 e. The van der Waals surface area contributed by atoms with E-state index in [2.05, 4.69) is 26.7 Å². The number of aromatic nitrogens is 1. The van der Waals surface area contributed by atoms with Crippen molar-refractivity contribution in [2.24, 2.45) is 0 Å². The van der Waals surface area contributed by atoms with Gasteiger partial charge in [0.1, 0.15) is 5.82 Å². The second-order valence-electron chi connectivity index (χ2n) is 7.28. The highest BCUT2D eigenvalue weighted by Gasteiger charge is 2.21. The number of rotatable bonds is 5. The number of pyridine rings is 1. The molecule has 0 amide bonds. The Hall–Kier alpha value is -1.76. The van der Waals surface area contributed by atoms with E-state index in [-0.39, 0.29) is 6.42 Å². The molecule has 1 aromatic heterocycles. The Balaban J connectivity index is 0.000000298. The molecule has 0 radical (unpaired) electrons. The minimum atomic E-state index is -0.818. The van der Waals surface area contributed by atoms with Gasteiger partial charge < -0.3 is 19.6 Å². The molecule has 3 heterocycles. The van der Waals surface area contributed by atoms with Crippen molar-refractivity contribution < 1.29 is 14.6 Å². The molecular weight excluding hydrogens is 413 g/mol. The SMILES string of the molecule is COCCC(=O)O.Clc1ccc2c(N3CCCC3)cc(N3CCCC3)nc2c1Cl. The van der Waals surface area contributed by atoms with Crippen molar-refractivity contribution in [2.75, 3.05) is 49.7 Å². The van der Waals surface area contributed by atoms with E-state index >= 15 is 0 Å². The van der Waals surface area contributed by atoms with Gasteiger partial charge in [-0.25, -0.2) is 4.98 Å². The molecule has 6 nitrogen and oxygen atoms in total. The topological polar surface area (TPSA) is 65.9 Å². The first-order valence-electron chi connectivity index (χ1n) is 10.0. The quantitative estimate of drug-likeness (QED) is 0.717. The lowest BCUT2D eigenvalue weighted by atomic mass is 10.1. The van der Waals surface area contributed by atoms with Crippen molar-refractivity contribution in [1.82, 2.24) is 4.98 Å². The predicted octanol–water partition coefficient (Wildman–Crippen LogP) is 4.85. The number of anilines is 2. The molecule has 2 aliphatic rings. The number of carbonyl (C=O) groups is 1. The van der Waals surface area contributed by atoms with Crippen LogP contribution in [0, 0.1) is 0 Å². The van der Waals surface area contributed by atoms with Crippen molar-refractivity contribution in [3.63, 3.8) is 0 Å². The van der Waals surface area contributed by atoms with Crippen LogP contribution in [0.4, 0.5) is 11.5 Å². The Bertz CT molecular complexity index is 851. The molecule has 2 saturated heterocycles. The zero-order chi connectivity index (χ0) is 20.8. The van der Waals surface area contributed by atoms with Crippen LogP contribution in [-0.4, -0.2) is 56.0 Å². The number of fused-ring (bicyclic) bond motifs is 1. The smallest absolute Gasteiger partial charge is 0.305 e. The van der Waals surface area contributed by atoms with Crippen LogP contribution in [0.3, 0.4) is 0 Å². The van der Waals surface area contributed by atoms with E-state index in [4.69, 9.17) is 33.3 Å². The first-order chi connectivity index (χ1) is 14.0. The Morgan fingerprint density at radius 2 is 1.72 bits per heavy atom. The number of carboxylic acid groups (broad SMARTS) is 1. The van der Waals surface area contributed by atoms with Crippen LogP contribution < -0.4 is 9.80 Å². The molecule has 0 saturated carbocycles. The average molecular weight is 440 g/mol. The molecule has 0 spiro atoms. The molecule has 2 fully saturated rings. The molecule has 2 aromatic rings.